The van der Waals surface area contributed by atoms with Crippen LogP contribution in [0.4, 0.5) is 0 Å². The molecule has 0 saturated carbocycles. The molecule has 37 heavy (non-hydrogen) atoms. The van der Waals surface area contributed by atoms with Gasteiger partial charge in [-0.25, -0.2) is 9.97 Å². The maximum Gasteiger partial charge on any atom is 0.161 e. The van der Waals surface area contributed by atoms with Crippen LogP contribution in [-0.4, -0.2) is 9.97 Å². The average Bonchev–Trinajstić information content (AvgIpc) is 3.35. The van der Waals surface area contributed by atoms with Gasteiger partial charge >= 0.3 is 0 Å². The van der Waals surface area contributed by atoms with E-state index in [-0.39, 0.29) is 0 Å². The molecule has 2 heterocycles. The zero-order valence-corrected chi connectivity index (χ0v) is 20.7. The van der Waals surface area contributed by atoms with Crippen molar-refractivity contribution in [2.75, 3.05) is 0 Å². The van der Waals surface area contributed by atoms with Gasteiger partial charge in [-0.3, -0.25) is 0 Å². The molecule has 0 amide bonds. The van der Waals surface area contributed by atoms with Gasteiger partial charge in [-0.1, -0.05) is 97.1 Å². The van der Waals surface area contributed by atoms with Gasteiger partial charge in [-0.05, 0) is 45.8 Å². The van der Waals surface area contributed by atoms with E-state index in [1.165, 1.54) is 41.7 Å². The first-order valence-electron chi connectivity index (χ1n) is 12.4. The van der Waals surface area contributed by atoms with Crippen LogP contribution in [0.2, 0.25) is 0 Å². The first-order chi connectivity index (χ1) is 18.3. The Balaban J connectivity index is 1.50. The lowest BCUT2D eigenvalue weighted by Crippen LogP contribution is -1.96. The van der Waals surface area contributed by atoms with Crippen LogP contribution in [0.3, 0.4) is 0 Å². The van der Waals surface area contributed by atoms with Gasteiger partial charge < -0.3 is 0 Å². The van der Waals surface area contributed by atoms with Gasteiger partial charge in [-0.15, -0.1) is 11.3 Å². The maximum absolute atomic E-state index is 5.19. The van der Waals surface area contributed by atoms with Crippen molar-refractivity contribution in [3.8, 4) is 22.6 Å². The Labute approximate surface area is 217 Å². The topological polar surface area (TPSA) is 25.8 Å². The molecule has 0 aliphatic carbocycles. The molecule has 0 N–H and O–H groups in total. The van der Waals surface area contributed by atoms with Gasteiger partial charge in [0.1, 0.15) is 0 Å². The third-order valence-electron chi connectivity index (χ3n) is 7.25. The SMILES string of the molecule is c1ccc(-c2nc(-c3cc4ccc5sc6ccccc6c5c4c4ccccc34)nc3ccccc23)cc1. The van der Waals surface area contributed by atoms with Gasteiger partial charge in [0.25, 0.3) is 0 Å². The number of thiophene rings is 1. The molecule has 0 radical (unpaired) electrons. The Morgan fingerprint density at radius 1 is 0.486 bits per heavy atom. The maximum atomic E-state index is 5.19. The second kappa shape index (κ2) is 7.95. The normalized spacial score (nSPS) is 11.8. The smallest absolute Gasteiger partial charge is 0.161 e. The van der Waals surface area contributed by atoms with Gasteiger partial charge in [0.2, 0.25) is 0 Å². The van der Waals surface area contributed by atoms with Crippen LogP contribution in [0.25, 0.3) is 75.3 Å². The predicted octanol–water partition coefficient (Wildman–Crippen LogP) is 9.64. The summed E-state index contributed by atoms with van der Waals surface area (Å²) in [5, 5.41) is 8.65. The number of hydrogen-bond acceptors (Lipinski definition) is 3. The summed E-state index contributed by atoms with van der Waals surface area (Å²) in [4.78, 5) is 10.3. The quantitative estimate of drug-likeness (QED) is 0.226. The highest BCUT2D eigenvalue weighted by molar-refractivity contribution is 7.26. The molecular weight excluding hydrogens is 468 g/mol. The van der Waals surface area contributed by atoms with E-state index in [9.17, 15) is 0 Å². The Bertz CT molecular complexity index is 2140. The van der Waals surface area contributed by atoms with Crippen molar-refractivity contribution in [3.05, 3.63) is 121 Å². The average molecular weight is 489 g/mol. The molecule has 0 spiro atoms. The summed E-state index contributed by atoms with van der Waals surface area (Å²) >= 11 is 1.86. The largest absolute Gasteiger partial charge is 0.228 e. The molecular formula is C34H20N2S. The molecule has 0 saturated heterocycles. The van der Waals surface area contributed by atoms with E-state index in [4.69, 9.17) is 9.97 Å². The van der Waals surface area contributed by atoms with E-state index in [1.54, 1.807) is 0 Å². The molecule has 2 aromatic heterocycles. The minimum atomic E-state index is 0.755. The lowest BCUT2D eigenvalue weighted by molar-refractivity contribution is 1.24. The van der Waals surface area contributed by atoms with Crippen LogP contribution >= 0.6 is 11.3 Å². The predicted molar refractivity (Wildman–Crippen MR) is 158 cm³/mol. The number of aromatic nitrogens is 2. The number of fused-ring (bicyclic) bond motifs is 8. The van der Waals surface area contributed by atoms with Crippen LogP contribution in [0, 0.1) is 0 Å². The Hall–Kier alpha value is -4.60. The summed E-state index contributed by atoms with van der Waals surface area (Å²) < 4.78 is 2.64. The van der Waals surface area contributed by atoms with Crippen LogP contribution in [0.15, 0.2) is 121 Å². The Kier molecular flexibility index (Phi) is 4.42. The number of para-hydroxylation sites is 1. The molecule has 2 nitrogen and oxygen atoms in total. The molecule has 172 valence electrons. The van der Waals surface area contributed by atoms with Crippen molar-refractivity contribution in [2.45, 2.75) is 0 Å². The Morgan fingerprint density at radius 2 is 1.19 bits per heavy atom. The fourth-order valence-corrected chi connectivity index (χ4v) is 6.72. The molecule has 0 aliphatic heterocycles. The third-order valence-corrected chi connectivity index (χ3v) is 8.39. The second-order valence-corrected chi connectivity index (χ2v) is 10.5. The lowest BCUT2D eigenvalue weighted by Gasteiger charge is -2.13. The summed E-state index contributed by atoms with van der Waals surface area (Å²) in [6.45, 7) is 0. The van der Waals surface area contributed by atoms with Gasteiger partial charge in [0.05, 0.1) is 11.2 Å². The van der Waals surface area contributed by atoms with Crippen molar-refractivity contribution in [3.63, 3.8) is 0 Å². The van der Waals surface area contributed by atoms with E-state index in [1.807, 2.05) is 23.5 Å². The highest BCUT2D eigenvalue weighted by atomic mass is 32.1. The van der Waals surface area contributed by atoms with Gasteiger partial charge in [0.15, 0.2) is 5.82 Å². The van der Waals surface area contributed by atoms with Crippen LogP contribution in [0.5, 0.6) is 0 Å². The zero-order valence-electron chi connectivity index (χ0n) is 19.8. The van der Waals surface area contributed by atoms with Crippen molar-refractivity contribution < 1.29 is 0 Å². The zero-order chi connectivity index (χ0) is 24.3. The van der Waals surface area contributed by atoms with Crippen molar-refractivity contribution in [1.82, 2.24) is 9.97 Å². The minimum Gasteiger partial charge on any atom is -0.228 e. The van der Waals surface area contributed by atoms with E-state index in [2.05, 4.69) is 109 Å². The minimum absolute atomic E-state index is 0.755. The van der Waals surface area contributed by atoms with Crippen molar-refractivity contribution in [2.24, 2.45) is 0 Å². The van der Waals surface area contributed by atoms with Crippen LogP contribution in [-0.2, 0) is 0 Å². The molecule has 8 rings (SSSR count). The number of benzene rings is 6. The molecule has 3 heteroatoms. The summed E-state index contributed by atoms with van der Waals surface area (Å²) in [6, 6.07) is 42.9. The summed E-state index contributed by atoms with van der Waals surface area (Å²) in [7, 11) is 0. The fourth-order valence-electron chi connectivity index (χ4n) is 5.61. The summed E-state index contributed by atoms with van der Waals surface area (Å²) in [5.41, 5.74) is 4.07. The van der Waals surface area contributed by atoms with E-state index < -0.39 is 0 Å². The highest BCUT2D eigenvalue weighted by Gasteiger charge is 2.17. The standard InChI is InChI=1S/C34H20N2S/c1-2-10-21(11-3-1)33-25-14-6-8-16-28(25)35-34(36-33)27-20-22-18-19-30-32(26-15-7-9-17-29(26)37-30)31(22)24-13-5-4-12-23(24)27/h1-20H. The molecule has 8 aromatic rings. The molecule has 0 fully saturated rings. The molecule has 0 bridgehead atoms. The Morgan fingerprint density at radius 3 is 2.05 bits per heavy atom. The summed E-state index contributed by atoms with van der Waals surface area (Å²) in [5.74, 6) is 0.755. The van der Waals surface area contributed by atoms with E-state index >= 15 is 0 Å². The van der Waals surface area contributed by atoms with Gasteiger partial charge in [0, 0.05) is 36.7 Å². The monoisotopic (exact) mass is 488 g/mol. The van der Waals surface area contributed by atoms with Crippen molar-refractivity contribution in [1.29, 1.82) is 0 Å². The van der Waals surface area contributed by atoms with E-state index in [0.29, 0.717) is 0 Å². The highest BCUT2D eigenvalue weighted by Crippen LogP contribution is 2.43. The molecule has 0 unspecified atom stereocenters. The van der Waals surface area contributed by atoms with E-state index in [0.717, 1.165) is 33.5 Å². The first-order valence-corrected chi connectivity index (χ1v) is 13.2. The molecule has 0 aliphatic rings. The van der Waals surface area contributed by atoms with Crippen molar-refractivity contribution >= 4 is 64.0 Å². The number of hydrogen-bond donors (Lipinski definition) is 0. The molecule has 0 atom stereocenters. The third kappa shape index (κ3) is 3.11. The number of nitrogens with zero attached hydrogens (tertiary/aromatic N) is 2. The first kappa shape index (κ1) is 20.6. The summed E-state index contributed by atoms with van der Waals surface area (Å²) in [6.07, 6.45) is 0. The van der Waals surface area contributed by atoms with Crippen LogP contribution < -0.4 is 0 Å². The lowest BCUT2D eigenvalue weighted by atomic mass is 9.93. The molecule has 6 aromatic carbocycles. The second-order valence-electron chi connectivity index (χ2n) is 9.38. The number of rotatable bonds is 2. The van der Waals surface area contributed by atoms with Gasteiger partial charge in [-0.2, -0.15) is 0 Å². The van der Waals surface area contributed by atoms with Crippen LogP contribution in [0.1, 0.15) is 0 Å². The fraction of sp³-hybridized carbons (Fsp3) is 0.